The van der Waals surface area contributed by atoms with Gasteiger partial charge in [-0.15, -0.1) is 0 Å². The van der Waals surface area contributed by atoms with Gasteiger partial charge in [0.25, 0.3) is 0 Å². The maximum absolute atomic E-state index is 12.5. The number of aromatic carboxylic acids is 1. The van der Waals surface area contributed by atoms with Crippen LogP contribution in [0.2, 0.25) is 0 Å². The fraction of sp³-hybridized carbons (Fsp3) is 0.261. The van der Waals surface area contributed by atoms with Crippen molar-refractivity contribution < 1.29 is 29.0 Å². The third-order valence-electron chi connectivity index (χ3n) is 5.03. The molecule has 3 rings (SSSR count). The highest BCUT2D eigenvalue weighted by molar-refractivity contribution is 6.07. The van der Waals surface area contributed by atoms with Gasteiger partial charge in [0.2, 0.25) is 0 Å². The van der Waals surface area contributed by atoms with Crippen molar-refractivity contribution in [3.8, 4) is 11.5 Å². The van der Waals surface area contributed by atoms with E-state index in [1.165, 1.54) is 30.3 Å². The molecule has 2 unspecified atom stereocenters. The minimum Gasteiger partial charge on any atom is -0.496 e. The van der Waals surface area contributed by atoms with Crippen molar-refractivity contribution in [2.24, 2.45) is 5.16 Å². The van der Waals surface area contributed by atoms with E-state index in [0.717, 1.165) is 11.3 Å². The molecule has 156 valence electrons. The van der Waals surface area contributed by atoms with Crippen molar-refractivity contribution in [3.05, 3.63) is 64.7 Å². The number of allylic oxidation sites excluding steroid dienone is 1. The van der Waals surface area contributed by atoms with E-state index < -0.39 is 5.97 Å². The molecule has 7 nitrogen and oxygen atoms in total. The van der Waals surface area contributed by atoms with E-state index in [1.54, 1.807) is 26.4 Å². The lowest BCUT2D eigenvalue weighted by Crippen LogP contribution is -2.17. The van der Waals surface area contributed by atoms with Crippen LogP contribution in [-0.4, -0.2) is 42.9 Å². The number of rotatable bonds is 7. The number of carboxylic acid groups (broad SMARTS) is 1. The summed E-state index contributed by atoms with van der Waals surface area (Å²) in [5.41, 5.74) is 2.96. The molecule has 1 aliphatic rings. The molecule has 0 fully saturated rings. The molecule has 0 radical (unpaired) electrons. The van der Waals surface area contributed by atoms with Crippen LogP contribution in [0.3, 0.4) is 0 Å². The predicted octanol–water partition coefficient (Wildman–Crippen LogP) is 4.18. The van der Waals surface area contributed by atoms with Crippen molar-refractivity contribution in [2.75, 3.05) is 14.2 Å². The van der Waals surface area contributed by atoms with Gasteiger partial charge >= 0.3 is 5.97 Å². The van der Waals surface area contributed by atoms with E-state index in [2.05, 4.69) is 5.16 Å². The number of methoxy groups -OCH3 is 2. The zero-order valence-electron chi connectivity index (χ0n) is 17.2. The minimum absolute atomic E-state index is 0.0720. The quantitative estimate of drug-likeness (QED) is 0.545. The van der Waals surface area contributed by atoms with E-state index in [0.29, 0.717) is 22.6 Å². The van der Waals surface area contributed by atoms with Crippen LogP contribution in [0, 0.1) is 0 Å². The molecule has 0 saturated heterocycles. The van der Waals surface area contributed by atoms with Crippen LogP contribution < -0.4 is 9.47 Å². The summed E-state index contributed by atoms with van der Waals surface area (Å²) in [7, 11) is 3.14. The Balaban J connectivity index is 1.94. The van der Waals surface area contributed by atoms with Gasteiger partial charge in [-0.2, -0.15) is 0 Å². The van der Waals surface area contributed by atoms with Crippen LogP contribution in [0.1, 0.15) is 51.6 Å². The number of carbonyl (C=O) groups excluding carboxylic acids is 1. The monoisotopic (exact) mass is 409 g/mol. The summed E-state index contributed by atoms with van der Waals surface area (Å²) in [6.45, 7) is 3.84. The summed E-state index contributed by atoms with van der Waals surface area (Å²) in [5, 5.41) is 13.1. The van der Waals surface area contributed by atoms with Crippen molar-refractivity contribution in [3.63, 3.8) is 0 Å². The lowest BCUT2D eigenvalue weighted by atomic mass is 9.88. The van der Waals surface area contributed by atoms with Crippen LogP contribution in [-0.2, 0) is 4.84 Å². The zero-order chi connectivity index (χ0) is 21.8. The molecule has 30 heavy (non-hydrogen) atoms. The van der Waals surface area contributed by atoms with Crippen LogP contribution >= 0.6 is 0 Å². The first-order chi connectivity index (χ1) is 14.3. The molecule has 1 heterocycles. The number of carbonyl (C=O) groups is 2. The van der Waals surface area contributed by atoms with Crippen molar-refractivity contribution in [1.29, 1.82) is 0 Å². The highest BCUT2D eigenvalue weighted by atomic mass is 16.6. The number of oxime groups is 1. The second-order valence-corrected chi connectivity index (χ2v) is 6.94. The molecule has 1 N–H and O–H groups in total. The SMILES string of the molecule is COc1cc(OC)c(C2C(C)=NOC2C)cc1/C=C/C(=O)c1ccc(C(=O)O)cc1. The summed E-state index contributed by atoms with van der Waals surface area (Å²) in [6.07, 6.45) is 2.96. The van der Waals surface area contributed by atoms with Gasteiger partial charge in [-0.25, -0.2) is 4.79 Å². The van der Waals surface area contributed by atoms with Gasteiger partial charge in [0.1, 0.15) is 17.6 Å². The topological polar surface area (TPSA) is 94.4 Å². The first-order valence-electron chi connectivity index (χ1n) is 9.37. The maximum atomic E-state index is 12.5. The summed E-state index contributed by atoms with van der Waals surface area (Å²) in [4.78, 5) is 28.9. The maximum Gasteiger partial charge on any atom is 0.335 e. The summed E-state index contributed by atoms with van der Waals surface area (Å²) in [6, 6.07) is 9.47. The highest BCUT2D eigenvalue weighted by Gasteiger charge is 2.32. The minimum atomic E-state index is -1.04. The van der Waals surface area contributed by atoms with Gasteiger partial charge in [-0.3, -0.25) is 4.79 Å². The van der Waals surface area contributed by atoms with Gasteiger partial charge in [0, 0.05) is 22.8 Å². The Labute approximate surface area is 174 Å². The first-order valence-corrected chi connectivity index (χ1v) is 9.37. The number of ketones is 1. The van der Waals surface area contributed by atoms with Crippen LogP contribution in [0.25, 0.3) is 6.08 Å². The number of benzene rings is 2. The highest BCUT2D eigenvalue weighted by Crippen LogP contribution is 2.39. The molecule has 0 amide bonds. The number of carboxylic acids is 1. The Morgan fingerprint density at radius 2 is 1.70 bits per heavy atom. The molecule has 7 heteroatoms. The lowest BCUT2D eigenvalue weighted by molar-refractivity contribution is 0.0696. The molecule has 2 aromatic rings. The van der Waals surface area contributed by atoms with Gasteiger partial charge in [0.05, 0.1) is 31.4 Å². The van der Waals surface area contributed by atoms with Crippen molar-refractivity contribution in [2.45, 2.75) is 25.9 Å². The van der Waals surface area contributed by atoms with Gasteiger partial charge in [-0.1, -0.05) is 17.3 Å². The zero-order valence-corrected chi connectivity index (χ0v) is 17.2. The summed E-state index contributed by atoms with van der Waals surface area (Å²) in [5.74, 6) is -0.151. The van der Waals surface area contributed by atoms with E-state index in [4.69, 9.17) is 19.4 Å². The smallest absolute Gasteiger partial charge is 0.335 e. The Kier molecular flexibility index (Phi) is 6.20. The summed E-state index contributed by atoms with van der Waals surface area (Å²) < 4.78 is 11.0. The Morgan fingerprint density at radius 1 is 1.07 bits per heavy atom. The molecular formula is C23H23NO6. The molecule has 0 aliphatic carbocycles. The Bertz CT molecular complexity index is 1020. The van der Waals surface area contributed by atoms with Crippen LogP contribution in [0.5, 0.6) is 11.5 Å². The van der Waals surface area contributed by atoms with Crippen molar-refractivity contribution in [1.82, 2.24) is 0 Å². The molecule has 0 saturated carbocycles. The third-order valence-corrected chi connectivity index (χ3v) is 5.03. The standard InChI is InChI=1S/C23H23NO6/c1-13-22(14(2)30-24-13)18-11-17(20(28-3)12-21(18)29-4)9-10-19(25)15-5-7-16(8-6-15)23(26)27/h5-12,14,22H,1-4H3,(H,26,27)/b10-9+. The average Bonchev–Trinajstić information content (AvgIpc) is 3.09. The number of ether oxygens (including phenoxy) is 2. The number of hydrogen-bond acceptors (Lipinski definition) is 6. The predicted molar refractivity (Wildman–Crippen MR) is 113 cm³/mol. The van der Waals surface area contributed by atoms with Gasteiger partial charge in [-0.05, 0) is 44.2 Å². The molecular weight excluding hydrogens is 386 g/mol. The van der Waals surface area contributed by atoms with E-state index in [9.17, 15) is 9.59 Å². The van der Waals surface area contributed by atoms with Gasteiger partial charge < -0.3 is 19.4 Å². The molecule has 0 bridgehead atoms. The number of nitrogens with zero attached hydrogens (tertiary/aromatic N) is 1. The largest absolute Gasteiger partial charge is 0.496 e. The Morgan fingerprint density at radius 3 is 2.23 bits per heavy atom. The van der Waals surface area contributed by atoms with E-state index >= 15 is 0 Å². The molecule has 2 aromatic carbocycles. The van der Waals surface area contributed by atoms with E-state index in [1.807, 2.05) is 19.9 Å². The lowest BCUT2D eigenvalue weighted by Gasteiger charge is -2.19. The molecule has 2 atom stereocenters. The molecule has 1 aliphatic heterocycles. The fourth-order valence-electron chi connectivity index (χ4n) is 3.46. The number of hydrogen-bond donors (Lipinski definition) is 1. The third kappa shape index (κ3) is 4.20. The second-order valence-electron chi connectivity index (χ2n) is 6.94. The van der Waals surface area contributed by atoms with Crippen LogP contribution in [0.15, 0.2) is 47.6 Å². The first kappa shape index (κ1) is 21.1. The van der Waals surface area contributed by atoms with Crippen LogP contribution in [0.4, 0.5) is 0 Å². The van der Waals surface area contributed by atoms with E-state index in [-0.39, 0.29) is 23.4 Å². The van der Waals surface area contributed by atoms with Gasteiger partial charge in [0.15, 0.2) is 5.78 Å². The normalized spacial score (nSPS) is 18.1. The molecule has 0 aromatic heterocycles. The fourth-order valence-corrected chi connectivity index (χ4v) is 3.46. The Hall–Kier alpha value is -3.61. The van der Waals surface area contributed by atoms with Crippen molar-refractivity contribution >= 4 is 23.5 Å². The summed E-state index contributed by atoms with van der Waals surface area (Å²) >= 11 is 0. The average molecular weight is 409 g/mol. The second kappa shape index (κ2) is 8.82. The molecule has 0 spiro atoms.